The zero-order valence-corrected chi connectivity index (χ0v) is 11.1. The van der Waals surface area contributed by atoms with Crippen molar-refractivity contribution in [2.75, 3.05) is 31.1 Å². The van der Waals surface area contributed by atoms with E-state index in [9.17, 15) is 0 Å². The minimum absolute atomic E-state index is 0.563. The molecular formula is C11H13ClN4S. The third kappa shape index (κ3) is 2.10. The van der Waals surface area contributed by atoms with E-state index in [0.717, 1.165) is 42.3 Å². The van der Waals surface area contributed by atoms with E-state index in [-0.39, 0.29) is 0 Å². The van der Waals surface area contributed by atoms with Crippen LogP contribution in [0.2, 0.25) is 5.15 Å². The van der Waals surface area contributed by atoms with E-state index in [1.165, 1.54) is 4.88 Å². The maximum atomic E-state index is 6.21. The summed E-state index contributed by atoms with van der Waals surface area (Å²) in [6.45, 7) is 5.89. The fourth-order valence-corrected chi connectivity index (χ4v) is 3.15. The third-order valence-electron chi connectivity index (χ3n) is 2.86. The second-order valence-electron chi connectivity index (χ2n) is 4.13. The number of nitrogens with zero attached hydrogens (tertiary/aromatic N) is 3. The van der Waals surface area contributed by atoms with E-state index in [2.05, 4.69) is 27.1 Å². The monoisotopic (exact) mass is 268 g/mol. The van der Waals surface area contributed by atoms with Gasteiger partial charge in [-0.05, 0) is 13.0 Å². The highest BCUT2D eigenvalue weighted by Crippen LogP contribution is 2.30. The standard InChI is InChI=1S/C11H13ClN4S/c1-7-6-8-9(12)14-11(15-10(8)17-7)16-4-2-13-3-5-16/h6,13H,2-5H2,1H3. The number of aromatic nitrogens is 2. The van der Waals surface area contributed by atoms with Crippen LogP contribution in [0, 0.1) is 6.92 Å². The van der Waals surface area contributed by atoms with Gasteiger partial charge >= 0.3 is 0 Å². The number of hydrogen-bond acceptors (Lipinski definition) is 5. The lowest BCUT2D eigenvalue weighted by atomic mass is 10.3. The van der Waals surface area contributed by atoms with Gasteiger partial charge in [-0.15, -0.1) is 11.3 Å². The molecule has 0 amide bonds. The first-order valence-electron chi connectivity index (χ1n) is 5.63. The van der Waals surface area contributed by atoms with Crippen LogP contribution in [0.5, 0.6) is 0 Å². The first kappa shape index (κ1) is 11.2. The summed E-state index contributed by atoms with van der Waals surface area (Å²) in [5.74, 6) is 0.755. The molecule has 17 heavy (non-hydrogen) atoms. The van der Waals surface area contributed by atoms with Crippen molar-refractivity contribution in [3.8, 4) is 0 Å². The Morgan fingerprint density at radius 3 is 2.88 bits per heavy atom. The Kier molecular flexibility index (Phi) is 2.90. The van der Waals surface area contributed by atoms with Crippen LogP contribution in [-0.2, 0) is 0 Å². The van der Waals surface area contributed by atoms with Crippen molar-refractivity contribution in [1.29, 1.82) is 0 Å². The van der Waals surface area contributed by atoms with Crippen LogP contribution in [0.3, 0.4) is 0 Å². The summed E-state index contributed by atoms with van der Waals surface area (Å²) in [6, 6.07) is 2.05. The predicted octanol–water partition coefficient (Wildman–Crippen LogP) is 2.06. The van der Waals surface area contributed by atoms with Gasteiger partial charge in [0.25, 0.3) is 0 Å². The van der Waals surface area contributed by atoms with Gasteiger partial charge in [0.2, 0.25) is 5.95 Å². The van der Waals surface area contributed by atoms with E-state index < -0.39 is 0 Å². The molecule has 0 spiro atoms. The molecule has 0 unspecified atom stereocenters. The minimum atomic E-state index is 0.563. The molecule has 0 radical (unpaired) electrons. The number of anilines is 1. The molecule has 0 saturated carbocycles. The van der Waals surface area contributed by atoms with Gasteiger partial charge in [0.15, 0.2) is 0 Å². The summed E-state index contributed by atoms with van der Waals surface area (Å²) >= 11 is 7.87. The molecule has 1 aliphatic rings. The van der Waals surface area contributed by atoms with E-state index in [1.807, 2.05) is 6.07 Å². The molecule has 4 nitrogen and oxygen atoms in total. The van der Waals surface area contributed by atoms with Crippen molar-refractivity contribution in [2.24, 2.45) is 0 Å². The molecule has 1 aliphatic heterocycles. The average molecular weight is 269 g/mol. The normalized spacial score (nSPS) is 16.7. The predicted molar refractivity (Wildman–Crippen MR) is 72.2 cm³/mol. The van der Waals surface area contributed by atoms with Gasteiger partial charge in [-0.25, -0.2) is 9.97 Å². The van der Waals surface area contributed by atoms with Crippen LogP contribution < -0.4 is 10.2 Å². The van der Waals surface area contributed by atoms with Crippen LogP contribution in [0.25, 0.3) is 10.2 Å². The molecule has 0 aromatic carbocycles. The highest BCUT2D eigenvalue weighted by molar-refractivity contribution is 7.18. The Hall–Kier alpha value is -0.910. The Morgan fingerprint density at radius 1 is 1.35 bits per heavy atom. The van der Waals surface area contributed by atoms with Crippen molar-refractivity contribution >= 4 is 39.1 Å². The molecule has 0 bridgehead atoms. The summed E-state index contributed by atoms with van der Waals surface area (Å²) < 4.78 is 0. The van der Waals surface area contributed by atoms with Crippen LogP contribution in [0.4, 0.5) is 5.95 Å². The van der Waals surface area contributed by atoms with Crippen LogP contribution >= 0.6 is 22.9 Å². The van der Waals surface area contributed by atoms with E-state index in [0.29, 0.717) is 5.15 Å². The van der Waals surface area contributed by atoms with Crippen molar-refractivity contribution in [3.05, 3.63) is 16.1 Å². The zero-order chi connectivity index (χ0) is 11.8. The molecule has 2 aromatic heterocycles. The fraction of sp³-hybridized carbons (Fsp3) is 0.455. The lowest BCUT2D eigenvalue weighted by Crippen LogP contribution is -2.44. The average Bonchev–Trinajstić information content (AvgIpc) is 2.71. The topological polar surface area (TPSA) is 41.1 Å². The van der Waals surface area contributed by atoms with E-state index in [1.54, 1.807) is 11.3 Å². The maximum absolute atomic E-state index is 6.21. The number of rotatable bonds is 1. The first-order chi connectivity index (χ1) is 8.24. The fourth-order valence-electron chi connectivity index (χ4n) is 2.00. The zero-order valence-electron chi connectivity index (χ0n) is 9.53. The lowest BCUT2D eigenvalue weighted by Gasteiger charge is -2.27. The number of piperazine rings is 1. The number of fused-ring (bicyclic) bond motifs is 1. The molecule has 6 heteroatoms. The lowest BCUT2D eigenvalue weighted by molar-refractivity contribution is 0.580. The van der Waals surface area contributed by atoms with Gasteiger partial charge < -0.3 is 10.2 Å². The summed E-state index contributed by atoms with van der Waals surface area (Å²) in [4.78, 5) is 13.4. The molecule has 1 fully saturated rings. The smallest absolute Gasteiger partial charge is 0.228 e. The van der Waals surface area contributed by atoms with Gasteiger partial charge in [-0.2, -0.15) is 0 Å². The number of nitrogens with one attached hydrogen (secondary N) is 1. The quantitative estimate of drug-likeness (QED) is 0.804. The van der Waals surface area contributed by atoms with Gasteiger partial charge in [-0.1, -0.05) is 11.6 Å². The van der Waals surface area contributed by atoms with Gasteiger partial charge in [0, 0.05) is 36.4 Å². The molecule has 2 aromatic rings. The Bertz CT molecular complexity index is 548. The Labute approximate surface area is 109 Å². The number of halogens is 1. The minimum Gasteiger partial charge on any atom is -0.338 e. The highest BCUT2D eigenvalue weighted by atomic mass is 35.5. The molecule has 90 valence electrons. The van der Waals surface area contributed by atoms with Gasteiger partial charge in [0.1, 0.15) is 9.98 Å². The molecule has 1 N–H and O–H groups in total. The maximum Gasteiger partial charge on any atom is 0.228 e. The Morgan fingerprint density at radius 2 is 2.12 bits per heavy atom. The van der Waals surface area contributed by atoms with Crippen molar-refractivity contribution in [2.45, 2.75) is 6.92 Å². The number of aryl methyl sites for hydroxylation is 1. The largest absolute Gasteiger partial charge is 0.338 e. The summed E-state index contributed by atoms with van der Waals surface area (Å²) in [5, 5.41) is 4.84. The SMILES string of the molecule is Cc1cc2c(Cl)nc(N3CCNCC3)nc2s1. The first-order valence-corrected chi connectivity index (χ1v) is 6.83. The molecule has 3 rings (SSSR count). The van der Waals surface area contributed by atoms with Crippen molar-refractivity contribution in [1.82, 2.24) is 15.3 Å². The Balaban J connectivity index is 2.04. The summed E-state index contributed by atoms with van der Waals surface area (Å²) in [7, 11) is 0. The second-order valence-corrected chi connectivity index (χ2v) is 5.72. The molecule has 1 saturated heterocycles. The van der Waals surface area contributed by atoms with Crippen molar-refractivity contribution in [3.63, 3.8) is 0 Å². The van der Waals surface area contributed by atoms with Crippen LogP contribution in [0.15, 0.2) is 6.07 Å². The number of hydrogen-bond donors (Lipinski definition) is 1. The molecular weight excluding hydrogens is 256 g/mol. The molecule has 3 heterocycles. The van der Waals surface area contributed by atoms with Gasteiger partial charge in [-0.3, -0.25) is 0 Å². The number of thiophene rings is 1. The van der Waals surface area contributed by atoms with Gasteiger partial charge in [0.05, 0.1) is 0 Å². The van der Waals surface area contributed by atoms with Crippen LogP contribution in [0.1, 0.15) is 4.88 Å². The van der Waals surface area contributed by atoms with Crippen molar-refractivity contribution < 1.29 is 0 Å². The van der Waals surface area contributed by atoms with E-state index in [4.69, 9.17) is 11.6 Å². The van der Waals surface area contributed by atoms with Crippen LogP contribution in [-0.4, -0.2) is 36.1 Å². The molecule has 0 aliphatic carbocycles. The highest BCUT2D eigenvalue weighted by Gasteiger charge is 2.16. The summed E-state index contributed by atoms with van der Waals surface area (Å²) in [6.07, 6.45) is 0. The second kappa shape index (κ2) is 4.40. The summed E-state index contributed by atoms with van der Waals surface area (Å²) in [5.41, 5.74) is 0. The molecule has 0 atom stereocenters. The van der Waals surface area contributed by atoms with E-state index >= 15 is 0 Å². The third-order valence-corrected chi connectivity index (χ3v) is 4.09.